The van der Waals surface area contributed by atoms with Crippen molar-refractivity contribution in [3.63, 3.8) is 0 Å². The Bertz CT molecular complexity index is 1230. The maximum absolute atomic E-state index is 13.3. The van der Waals surface area contributed by atoms with E-state index in [4.69, 9.17) is 12.2 Å². The number of aromatic nitrogens is 1. The second-order valence-electron chi connectivity index (χ2n) is 7.96. The van der Waals surface area contributed by atoms with Gasteiger partial charge in [0.15, 0.2) is 0 Å². The number of carbonyl (C=O) groups excluding carboxylic acids is 1. The minimum absolute atomic E-state index is 0.0429. The third-order valence-electron chi connectivity index (χ3n) is 5.31. The summed E-state index contributed by atoms with van der Waals surface area (Å²) in [5, 5.41) is 13.0. The summed E-state index contributed by atoms with van der Waals surface area (Å²) in [6.45, 7) is 8.16. The largest absolute Gasteiger partial charge is 0.367 e. The molecule has 1 aromatic heterocycles. The fourth-order valence-electron chi connectivity index (χ4n) is 3.63. The Kier molecular flexibility index (Phi) is 7.72. The molecule has 1 aromatic carbocycles. The minimum Gasteiger partial charge on any atom is -0.367 e. The van der Waals surface area contributed by atoms with Crippen molar-refractivity contribution in [2.45, 2.75) is 53.2 Å². The third kappa shape index (κ3) is 5.02. The number of rotatable bonds is 7. The van der Waals surface area contributed by atoms with Crippen LogP contribution in [0.4, 0.5) is 10.2 Å². The zero-order chi connectivity index (χ0) is 24.3. The topological polar surface area (TPSA) is 78.1 Å². The first-order valence-corrected chi connectivity index (χ1v) is 11.8. The van der Waals surface area contributed by atoms with Crippen molar-refractivity contribution in [1.82, 2.24) is 9.47 Å². The molecule has 1 fully saturated rings. The summed E-state index contributed by atoms with van der Waals surface area (Å²) in [5.74, 6) is -0.0168. The number of amides is 1. The molecule has 3 rings (SSSR count). The smallest absolute Gasteiger partial charge is 0.270 e. The molecule has 0 unspecified atom stereocenters. The number of carbonyl (C=O) groups is 1. The maximum atomic E-state index is 13.3. The fraction of sp³-hybridized carbons (Fsp3) is 0.333. The number of thiocarbonyl (C=S) groups is 1. The van der Waals surface area contributed by atoms with E-state index in [9.17, 15) is 19.2 Å². The molecule has 2 heterocycles. The summed E-state index contributed by atoms with van der Waals surface area (Å²) in [6.07, 6.45) is 2.38. The van der Waals surface area contributed by atoms with E-state index in [1.165, 1.54) is 28.5 Å². The Labute approximate surface area is 202 Å². The highest BCUT2D eigenvalue weighted by atomic mass is 32.2. The molecule has 0 bridgehead atoms. The first-order valence-electron chi connectivity index (χ1n) is 10.6. The standard InChI is InChI=1S/C24H25FN4O2S2/c1-5-10-28-21(27-13-16-6-8-17(25)9-7-16)18(15(4)19(12-26)22(28)30)11-20-23(31)29(14(2)3)24(32)33-20/h6-9,11,14,27H,5,10,13H2,1-4H3/b20-11+. The SMILES string of the molecule is CCCn1c(NCc2ccc(F)cc2)c(/C=C2/SC(=S)N(C(C)C)C2=O)c(C)c(C#N)c1=O. The average molecular weight is 485 g/mol. The molecule has 0 radical (unpaired) electrons. The van der Waals surface area contributed by atoms with Crippen LogP contribution in [0, 0.1) is 24.1 Å². The monoisotopic (exact) mass is 484 g/mol. The van der Waals surface area contributed by atoms with Gasteiger partial charge in [0, 0.05) is 24.7 Å². The van der Waals surface area contributed by atoms with Gasteiger partial charge in [-0.3, -0.25) is 19.1 Å². The summed E-state index contributed by atoms with van der Waals surface area (Å²) in [4.78, 5) is 28.0. The van der Waals surface area contributed by atoms with Gasteiger partial charge in [0.25, 0.3) is 11.5 Å². The van der Waals surface area contributed by atoms with Crippen LogP contribution < -0.4 is 10.9 Å². The average Bonchev–Trinajstić information content (AvgIpc) is 3.05. The van der Waals surface area contributed by atoms with Crippen molar-refractivity contribution >= 4 is 46.1 Å². The number of nitrogens with one attached hydrogen (secondary N) is 1. The second kappa shape index (κ2) is 10.3. The summed E-state index contributed by atoms with van der Waals surface area (Å²) < 4.78 is 15.3. The molecular weight excluding hydrogens is 459 g/mol. The van der Waals surface area contributed by atoms with E-state index in [-0.39, 0.29) is 28.9 Å². The zero-order valence-electron chi connectivity index (χ0n) is 18.9. The molecule has 33 heavy (non-hydrogen) atoms. The maximum Gasteiger partial charge on any atom is 0.270 e. The van der Waals surface area contributed by atoms with Crippen molar-refractivity contribution < 1.29 is 9.18 Å². The van der Waals surface area contributed by atoms with Crippen molar-refractivity contribution in [2.24, 2.45) is 0 Å². The highest BCUT2D eigenvalue weighted by molar-refractivity contribution is 8.26. The number of nitrogens with zero attached hydrogens (tertiary/aromatic N) is 3. The van der Waals surface area contributed by atoms with Crippen LogP contribution in [0.1, 0.15) is 49.4 Å². The molecule has 1 aliphatic heterocycles. The lowest BCUT2D eigenvalue weighted by Crippen LogP contribution is -2.34. The van der Waals surface area contributed by atoms with Gasteiger partial charge < -0.3 is 5.32 Å². The van der Waals surface area contributed by atoms with Gasteiger partial charge in [-0.05, 0) is 56.5 Å². The fourth-order valence-corrected chi connectivity index (χ4v) is 5.14. The molecule has 2 aromatic rings. The number of anilines is 1. The van der Waals surface area contributed by atoms with Crippen LogP contribution in [0.2, 0.25) is 0 Å². The third-order valence-corrected chi connectivity index (χ3v) is 6.64. The van der Waals surface area contributed by atoms with E-state index < -0.39 is 0 Å². The molecule has 0 atom stereocenters. The van der Waals surface area contributed by atoms with Crippen molar-refractivity contribution in [3.8, 4) is 6.07 Å². The van der Waals surface area contributed by atoms with E-state index >= 15 is 0 Å². The van der Waals surface area contributed by atoms with E-state index in [0.717, 1.165) is 5.56 Å². The molecule has 1 aliphatic rings. The first-order chi connectivity index (χ1) is 15.7. The zero-order valence-corrected chi connectivity index (χ0v) is 20.6. The predicted molar refractivity (Wildman–Crippen MR) is 134 cm³/mol. The number of benzene rings is 1. The number of hydrogen-bond acceptors (Lipinski definition) is 6. The summed E-state index contributed by atoms with van der Waals surface area (Å²) in [7, 11) is 0. The normalized spacial score (nSPS) is 14.9. The van der Waals surface area contributed by atoms with Crippen LogP contribution in [-0.2, 0) is 17.9 Å². The van der Waals surface area contributed by atoms with Crippen LogP contribution in [0.3, 0.4) is 0 Å². The molecule has 172 valence electrons. The Morgan fingerprint density at radius 3 is 2.48 bits per heavy atom. The van der Waals surface area contributed by atoms with Gasteiger partial charge in [0.05, 0.1) is 4.91 Å². The molecular formula is C24H25FN4O2S2. The summed E-state index contributed by atoms with van der Waals surface area (Å²) in [6, 6.07) is 8.01. The van der Waals surface area contributed by atoms with Crippen LogP contribution in [0.15, 0.2) is 34.0 Å². The molecule has 0 saturated carbocycles. The van der Waals surface area contributed by atoms with Crippen LogP contribution in [-0.4, -0.2) is 25.7 Å². The molecule has 1 N–H and O–H groups in total. The number of pyridine rings is 1. The lowest BCUT2D eigenvalue weighted by molar-refractivity contribution is -0.123. The Hall–Kier alpha value is -2.96. The minimum atomic E-state index is -0.384. The van der Waals surface area contributed by atoms with Gasteiger partial charge in [-0.15, -0.1) is 0 Å². The number of halogens is 1. The first kappa shape index (κ1) is 24.7. The lowest BCUT2D eigenvalue weighted by Gasteiger charge is -2.20. The summed E-state index contributed by atoms with van der Waals surface area (Å²) in [5.41, 5.74) is 1.56. The van der Waals surface area contributed by atoms with Crippen molar-refractivity contribution in [2.75, 3.05) is 5.32 Å². The van der Waals surface area contributed by atoms with Crippen molar-refractivity contribution in [1.29, 1.82) is 5.26 Å². The number of nitriles is 1. The molecule has 0 aliphatic carbocycles. The van der Waals surface area contributed by atoms with Crippen LogP contribution in [0.25, 0.3) is 6.08 Å². The molecule has 1 saturated heterocycles. The highest BCUT2D eigenvalue weighted by Gasteiger charge is 2.34. The van der Waals surface area contributed by atoms with Gasteiger partial charge in [0.1, 0.15) is 27.6 Å². The summed E-state index contributed by atoms with van der Waals surface area (Å²) >= 11 is 6.59. The van der Waals surface area contributed by atoms with E-state index in [1.807, 2.05) is 26.8 Å². The van der Waals surface area contributed by atoms with Crippen LogP contribution >= 0.6 is 24.0 Å². The Morgan fingerprint density at radius 1 is 1.27 bits per heavy atom. The van der Waals surface area contributed by atoms with Gasteiger partial charge in [-0.25, -0.2) is 4.39 Å². The molecule has 9 heteroatoms. The van der Waals surface area contributed by atoms with Gasteiger partial charge in [-0.2, -0.15) is 5.26 Å². The van der Waals surface area contributed by atoms with E-state index in [2.05, 4.69) is 5.32 Å². The highest BCUT2D eigenvalue weighted by Crippen LogP contribution is 2.36. The second-order valence-corrected chi connectivity index (χ2v) is 9.63. The van der Waals surface area contributed by atoms with Gasteiger partial charge >= 0.3 is 0 Å². The van der Waals surface area contributed by atoms with Crippen molar-refractivity contribution in [3.05, 3.63) is 67.6 Å². The molecule has 0 spiro atoms. The molecule has 6 nitrogen and oxygen atoms in total. The quantitative estimate of drug-likeness (QED) is 0.449. The number of hydrogen-bond donors (Lipinski definition) is 1. The predicted octanol–water partition coefficient (Wildman–Crippen LogP) is 4.80. The van der Waals surface area contributed by atoms with Gasteiger partial charge in [-0.1, -0.05) is 43.0 Å². The Morgan fingerprint density at radius 2 is 1.94 bits per heavy atom. The van der Waals surface area contributed by atoms with E-state index in [0.29, 0.717) is 45.7 Å². The van der Waals surface area contributed by atoms with Crippen LogP contribution in [0.5, 0.6) is 0 Å². The molecule has 1 amide bonds. The van der Waals surface area contributed by atoms with Gasteiger partial charge in [0.2, 0.25) is 0 Å². The lowest BCUT2D eigenvalue weighted by atomic mass is 10.0. The van der Waals surface area contributed by atoms with E-state index in [1.54, 1.807) is 30.0 Å². The number of thioether (sulfide) groups is 1. The Balaban J connectivity index is 2.16.